The Hall–Kier alpha value is -2.11. The Kier molecular flexibility index (Phi) is 3.22. The average molecular weight is 210 g/mol. The molecular formula is C9H10N2O4. The maximum atomic E-state index is 11.2. The lowest BCUT2D eigenvalue weighted by atomic mass is 10.3. The minimum absolute atomic E-state index is 0.141. The molecule has 0 atom stereocenters. The Bertz CT molecular complexity index is 509. The van der Waals surface area contributed by atoms with Gasteiger partial charge in [0, 0.05) is 24.9 Å². The van der Waals surface area contributed by atoms with Crippen LogP contribution in [-0.2, 0) is 11.3 Å². The number of aromatic amines is 1. The molecule has 0 spiro atoms. The summed E-state index contributed by atoms with van der Waals surface area (Å²) >= 11 is 0. The number of carbonyl (C=O) groups is 1. The molecule has 0 saturated carbocycles. The van der Waals surface area contributed by atoms with Crippen LogP contribution < -0.4 is 11.2 Å². The number of nitrogens with zero attached hydrogens (tertiary/aromatic N) is 1. The molecule has 0 aromatic carbocycles. The van der Waals surface area contributed by atoms with Gasteiger partial charge in [0.1, 0.15) is 0 Å². The van der Waals surface area contributed by atoms with Gasteiger partial charge in [0.05, 0.1) is 0 Å². The van der Waals surface area contributed by atoms with Crippen LogP contribution in [0.1, 0.15) is 6.92 Å². The lowest BCUT2D eigenvalue weighted by Gasteiger charge is -2.03. The number of aliphatic carboxylic acids is 1. The fourth-order valence-corrected chi connectivity index (χ4v) is 1.09. The Labute approximate surface area is 84.5 Å². The number of H-pyrrole nitrogens is 1. The normalized spacial score (nSPS) is 11.4. The van der Waals surface area contributed by atoms with E-state index in [2.05, 4.69) is 4.98 Å². The predicted molar refractivity (Wildman–Crippen MR) is 52.7 cm³/mol. The summed E-state index contributed by atoms with van der Waals surface area (Å²) in [5.41, 5.74) is -0.520. The summed E-state index contributed by atoms with van der Waals surface area (Å²) in [6, 6.07) is 1.20. The summed E-state index contributed by atoms with van der Waals surface area (Å²) in [6.07, 6.45) is 2.33. The van der Waals surface area contributed by atoms with Gasteiger partial charge in [0.15, 0.2) is 0 Å². The van der Waals surface area contributed by atoms with Gasteiger partial charge in [-0.1, -0.05) is 0 Å². The highest BCUT2D eigenvalue weighted by Gasteiger charge is 1.99. The number of rotatable bonds is 3. The molecule has 6 heteroatoms. The molecular weight excluding hydrogens is 200 g/mol. The number of nitrogens with one attached hydrogen (secondary N) is 1. The molecule has 0 fully saturated rings. The Morgan fingerprint density at radius 2 is 2.27 bits per heavy atom. The minimum atomic E-state index is -1.06. The first-order chi connectivity index (χ1) is 6.99. The zero-order chi connectivity index (χ0) is 11.4. The fraction of sp³-hybridized carbons (Fsp3) is 0.222. The summed E-state index contributed by atoms with van der Waals surface area (Å²) in [5.74, 6) is -1.06. The summed E-state index contributed by atoms with van der Waals surface area (Å²) in [5, 5.41) is 8.45. The summed E-state index contributed by atoms with van der Waals surface area (Å²) in [7, 11) is 0. The van der Waals surface area contributed by atoms with Gasteiger partial charge in [-0.05, 0) is 12.5 Å². The van der Waals surface area contributed by atoms with Gasteiger partial charge in [0.25, 0.3) is 5.56 Å². The maximum Gasteiger partial charge on any atom is 0.328 e. The number of aromatic nitrogens is 2. The number of hydrogen-bond acceptors (Lipinski definition) is 3. The van der Waals surface area contributed by atoms with E-state index in [0.29, 0.717) is 5.57 Å². The first kappa shape index (κ1) is 11.0. The Morgan fingerprint density at radius 1 is 1.60 bits per heavy atom. The van der Waals surface area contributed by atoms with E-state index >= 15 is 0 Å². The topological polar surface area (TPSA) is 92.2 Å². The lowest BCUT2D eigenvalue weighted by molar-refractivity contribution is -0.131. The van der Waals surface area contributed by atoms with Crippen LogP contribution in [0.5, 0.6) is 0 Å². The summed E-state index contributed by atoms with van der Waals surface area (Å²) < 4.78 is 1.22. The molecule has 0 saturated heterocycles. The van der Waals surface area contributed by atoms with Gasteiger partial charge in [-0.2, -0.15) is 0 Å². The van der Waals surface area contributed by atoms with Gasteiger partial charge >= 0.3 is 11.7 Å². The molecule has 1 aromatic heterocycles. The third kappa shape index (κ3) is 3.26. The smallest absolute Gasteiger partial charge is 0.328 e. The van der Waals surface area contributed by atoms with Crippen LogP contribution in [0, 0.1) is 0 Å². The second-order valence-corrected chi connectivity index (χ2v) is 3.07. The number of allylic oxidation sites excluding steroid dienone is 1. The molecule has 1 aromatic rings. The number of hydrogen-bond donors (Lipinski definition) is 2. The molecule has 2 N–H and O–H groups in total. The lowest BCUT2D eigenvalue weighted by Crippen LogP contribution is -2.28. The van der Waals surface area contributed by atoms with Crippen molar-refractivity contribution in [2.24, 2.45) is 0 Å². The second kappa shape index (κ2) is 4.41. The molecule has 0 bridgehead atoms. The standard InChI is InChI=1S/C9H10N2O4/c1-6(4-8(13)14)5-11-3-2-7(12)10-9(11)15/h2-4H,5H2,1H3,(H,13,14)(H,10,12,15)/b6-4-. The van der Waals surface area contributed by atoms with E-state index in [1.807, 2.05) is 0 Å². The van der Waals surface area contributed by atoms with Crippen LogP contribution in [-0.4, -0.2) is 20.6 Å². The second-order valence-electron chi connectivity index (χ2n) is 3.07. The number of carboxylic acids is 1. The highest BCUT2D eigenvalue weighted by molar-refractivity contribution is 5.80. The predicted octanol–water partition coefficient (Wildman–Crippen LogP) is -0.432. The van der Waals surface area contributed by atoms with Crippen LogP contribution in [0.4, 0.5) is 0 Å². The van der Waals surface area contributed by atoms with Gasteiger partial charge < -0.3 is 5.11 Å². The summed E-state index contributed by atoms with van der Waals surface area (Å²) in [6.45, 7) is 1.73. The zero-order valence-electron chi connectivity index (χ0n) is 8.06. The molecule has 0 amide bonds. The molecule has 6 nitrogen and oxygen atoms in total. The van der Waals surface area contributed by atoms with Crippen LogP contribution >= 0.6 is 0 Å². The van der Waals surface area contributed by atoms with E-state index < -0.39 is 17.2 Å². The first-order valence-corrected chi connectivity index (χ1v) is 4.19. The molecule has 1 rings (SSSR count). The van der Waals surface area contributed by atoms with Crippen LogP contribution in [0.25, 0.3) is 0 Å². The van der Waals surface area contributed by atoms with Crippen LogP contribution in [0.2, 0.25) is 0 Å². The molecule has 0 aliphatic heterocycles. The number of carboxylic acid groups (broad SMARTS) is 1. The van der Waals surface area contributed by atoms with Crippen molar-refractivity contribution in [2.75, 3.05) is 0 Å². The van der Waals surface area contributed by atoms with Crippen molar-refractivity contribution < 1.29 is 9.90 Å². The third-order valence-electron chi connectivity index (χ3n) is 1.69. The van der Waals surface area contributed by atoms with Gasteiger partial charge in [-0.3, -0.25) is 14.3 Å². The fourth-order valence-electron chi connectivity index (χ4n) is 1.09. The first-order valence-electron chi connectivity index (χ1n) is 4.19. The van der Waals surface area contributed by atoms with Crippen molar-refractivity contribution in [3.63, 3.8) is 0 Å². The maximum absolute atomic E-state index is 11.2. The van der Waals surface area contributed by atoms with E-state index in [1.54, 1.807) is 6.92 Å². The van der Waals surface area contributed by atoms with E-state index in [9.17, 15) is 14.4 Å². The molecule has 0 aliphatic rings. The van der Waals surface area contributed by atoms with E-state index in [1.165, 1.54) is 16.8 Å². The highest BCUT2D eigenvalue weighted by atomic mass is 16.4. The quantitative estimate of drug-likeness (QED) is 0.662. The Balaban J connectivity index is 2.96. The summed E-state index contributed by atoms with van der Waals surface area (Å²) in [4.78, 5) is 34.3. The van der Waals surface area contributed by atoms with E-state index in [0.717, 1.165) is 6.08 Å². The molecule has 80 valence electrons. The molecule has 0 radical (unpaired) electrons. The van der Waals surface area contributed by atoms with Crippen LogP contribution in [0.15, 0.2) is 33.5 Å². The minimum Gasteiger partial charge on any atom is -0.478 e. The van der Waals surface area contributed by atoms with Crippen LogP contribution in [0.3, 0.4) is 0 Å². The molecule has 15 heavy (non-hydrogen) atoms. The average Bonchev–Trinajstić information content (AvgIpc) is 2.08. The zero-order valence-corrected chi connectivity index (χ0v) is 8.06. The van der Waals surface area contributed by atoms with Gasteiger partial charge in [0.2, 0.25) is 0 Å². The highest BCUT2D eigenvalue weighted by Crippen LogP contribution is 1.94. The monoisotopic (exact) mass is 210 g/mol. The SMILES string of the molecule is C/C(=C/C(=O)O)Cn1ccc(=O)[nH]c1=O. The van der Waals surface area contributed by atoms with Crippen molar-refractivity contribution in [1.82, 2.24) is 9.55 Å². The van der Waals surface area contributed by atoms with Gasteiger partial charge in [-0.25, -0.2) is 9.59 Å². The Morgan fingerprint density at radius 3 is 2.80 bits per heavy atom. The largest absolute Gasteiger partial charge is 0.478 e. The van der Waals surface area contributed by atoms with Gasteiger partial charge in [-0.15, -0.1) is 0 Å². The molecule has 0 aliphatic carbocycles. The third-order valence-corrected chi connectivity index (χ3v) is 1.69. The van der Waals surface area contributed by atoms with Crippen molar-refractivity contribution in [3.05, 3.63) is 44.8 Å². The van der Waals surface area contributed by atoms with Crippen molar-refractivity contribution in [1.29, 1.82) is 0 Å². The van der Waals surface area contributed by atoms with Crippen molar-refractivity contribution in [3.8, 4) is 0 Å². The molecule has 1 heterocycles. The van der Waals surface area contributed by atoms with E-state index in [4.69, 9.17) is 5.11 Å². The molecule has 0 unspecified atom stereocenters. The van der Waals surface area contributed by atoms with Crippen molar-refractivity contribution in [2.45, 2.75) is 13.5 Å². The van der Waals surface area contributed by atoms with Crippen molar-refractivity contribution >= 4 is 5.97 Å². The van der Waals surface area contributed by atoms with E-state index in [-0.39, 0.29) is 6.54 Å².